The second kappa shape index (κ2) is 11.5. The van der Waals surface area contributed by atoms with E-state index in [1.165, 1.54) is 7.11 Å². The molecule has 0 radical (unpaired) electrons. The summed E-state index contributed by atoms with van der Waals surface area (Å²) in [4.78, 5) is 36.1. The number of rotatable bonds is 11. The van der Waals surface area contributed by atoms with Gasteiger partial charge in [0.2, 0.25) is 0 Å². The zero-order valence-electron chi connectivity index (χ0n) is 18.9. The normalized spacial score (nSPS) is 14.0. The summed E-state index contributed by atoms with van der Waals surface area (Å²) >= 11 is 0. The number of carboxylic acid groups (broad SMARTS) is 1. The smallest absolute Gasteiger partial charge is 0.407 e. The predicted molar refractivity (Wildman–Crippen MR) is 123 cm³/mol. The van der Waals surface area contributed by atoms with Crippen molar-refractivity contribution in [3.8, 4) is 11.1 Å². The standard InChI is InChI=1S/C25H30N2O6/c1-3-4-13-21(24(29)30)27-23(28)22(32-2)14-26-25(31)33-15-20-18-11-7-5-9-16(18)17-10-6-8-12-19(17)20/h5-12,20-22H,3-4,13-15H2,1-2H3,(H,26,31)(H,27,28)(H,29,30). The number of alkyl carbamates (subject to hydrolysis) is 1. The van der Waals surface area contributed by atoms with Gasteiger partial charge in [-0.25, -0.2) is 9.59 Å². The minimum Gasteiger partial charge on any atom is -0.480 e. The quantitative estimate of drug-likeness (QED) is 0.480. The lowest BCUT2D eigenvalue weighted by molar-refractivity contribution is -0.144. The van der Waals surface area contributed by atoms with Gasteiger partial charge in [-0.1, -0.05) is 68.3 Å². The molecule has 2 aromatic carbocycles. The molecule has 3 rings (SSSR count). The summed E-state index contributed by atoms with van der Waals surface area (Å²) in [5.74, 6) is -1.77. The number of nitrogens with one attached hydrogen (secondary N) is 2. The molecular weight excluding hydrogens is 424 g/mol. The topological polar surface area (TPSA) is 114 Å². The van der Waals surface area contributed by atoms with Gasteiger partial charge in [0.25, 0.3) is 5.91 Å². The van der Waals surface area contributed by atoms with Crippen LogP contribution in [0, 0.1) is 0 Å². The second-order valence-electron chi connectivity index (χ2n) is 7.97. The van der Waals surface area contributed by atoms with E-state index in [0.29, 0.717) is 12.8 Å². The van der Waals surface area contributed by atoms with Gasteiger partial charge in [-0.3, -0.25) is 4.79 Å². The summed E-state index contributed by atoms with van der Waals surface area (Å²) < 4.78 is 10.6. The van der Waals surface area contributed by atoms with E-state index in [-0.39, 0.29) is 19.1 Å². The van der Waals surface area contributed by atoms with Crippen LogP contribution >= 0.6 is 0 Å². The van der Waals surface area contributed by atoms with Gasteiger partial charge in [0.15, 0.2) is 6.10 Å². The number of amides is 2. The molecule has 3 N–H and O–H groups in total. The number of methoxy groups -OCH3 is 1. The van der Waals surface area contributed by atoms with Gasteiger partial charge in [-0.2, -0.15) is 0 Å². The van der Waals surface area contributed by atoms with Crippen molar-refractivity contribution < 1.29 is 29.0 Å². The Morgan fingerprint density at radius 3 is 2.18 bits per heavy atom. The number of carbonyl (C=O) groups excluding carboxylic acids is 2. The van der Waals surface area contributed by atoms with Gasteiger partial charge >= 0.3 is 12.1 Å². The van der Waals surface area contributed by atoms with Gasteiger partial charge in [0, 0.05) is 13.0 Å². The first-order valence-electron chi connectivity index (χ1n) is 11.1. The molecule has 176 valence electrons. The fraction of sp³-hybridized carbons (Fsp3) is 0.400. The Balaban J connectivity index is 1.53. The van der Waals surface area contributed by atoms with Crippen molar-refractivity contribution in [2.24, 2.45) is 0 Å². The van der Waals surface area contributed by atoms with Crippen molar-refractivity contribution >= 4 is 18.0 Å². The molecule has 0 heterocycles. The third-order valence-corrected chi connectivity index (χ3v) is 5.81. The van der Waals surface area contributed by atoms with Crippen LogP contribution in [0.5, 0.6) is 0 Å². The first-order chi connectivity index (χ1) is 16.0. The number of carboxylic acids is 1. The summed E-state index contributed by atoms with van der Waals surface area (Å²) in [6, 6.07) is 15.1. The van der Waals surface area contributed by atoms with Crippen molar-refractivity contribution in [2.45, 2.75) is 44.2 Å². The van der Waals surface area contributed by atoms with Crippen LogP contribution in [0.2, 0.25) is 0 Å². The molecule has 2 amide bonds. The predicted octanol–water partition coefficient (Wildman–Crippen LogP) is 3.30. The van der Waals surface area contributed by atoms with E-state index >= 15 is 0 Å². The van der Waals surface area contributed by atoms with Crippen LogP contribution in [0.3, 0.4) is 0 Å². The lowest BCUT2D eigenvalue weighted by Gasteiger charge is -2.20. The van der Waals surface area contributed by atoms with Crippen LogP contribution < -0.4 is 10.6 Å². The molecule has 8 heteroatoms. The highest BCUT2D eigenvalue weighted by molar-refractivity contribution is 5.87. The number of ether oxygens (including phenoxy) is 2. The molecule has 33 heavy (non-hydrogen) atoms. The van der Waals surface area contributed by atoms with Gasteiger partial charge in [-0.05, 0) is 28.7 Å². The number of fused-ring (bicyclic) bond motifs is 3. The zero-order valence-corrected chi connectivity index (χ0v) is 18.9. The van der Waals surface area contributed by atoms with Crippen molar-refractivity contribution in [1.29, 1.82) is 0 Å². The third-order valence-electron chi connectivity index (χ3n) is 5.81. The van der Waals surface area contributed by atoms with Crippen molar-refractivity contribution in [2.75, 3.05) is 20.3 Å². The average molecular weight is 455 g/mol. The fourth-order valence-electron chi connectivity index (χ4n) is 4.04. The van der Waals surface area contributed by atoms with Crippen LogP contribution in [0.4, 0.5) is 4.79 Å². The fourth-order valence-corrected chi connectivity index (χ4v) is 4.04. The maximum Gasteiger partial charge on any atom is 0.407 e. The highest BCUT2D eigenvalue weighted by Crippen LogP contribution is 2.44. The first-order valence-corrected chi connectivity index (χ1v) is 11.1. The van der Waals surface area contributed by atoms with Crippen molar-refractivity contribution in [3.05, 3.63) is 59.7 Å². The molecule has 2 aromatic rings. The van der Waals surface area contributed by atoms with Crippen molar-refractivity contribution in [1.82, 2.24) is 10.6 Å². The molecule has 0 bridgehead atoms. The number of hydrogen-bond donors (Lipinski definition) is 3. The summed E-state index contributed by atoms with van der Waals surface area (Å²) in [6.07, 6.45) is 0.110. The van der Waals surface area contributed by atoms with Gasteiger partial charge < -0.3 is 25.2 Å². The van der Waals surface area contributed by atoms with E-state index in [9.17, 15) is 19.5 Å². The summed E-state index contributed by atoms with van der Waals surface area (Å²) in [7, 11) is 1.32. The summed E-state index contributed by atoms with van der Waals surface area (Å²) in [5, 5.41) is 14.3. The molecule has 0 saturated heterocycles. The van der Waals surface area contributed by atoms with Crippen LogP contribution in [0.1, 0.15) is 43.2 Å². The molecule has 2 unspecified atom stereocenters. The van der Waals surface area contributed by atoms with Crippen LogP contribution in [0.25, 0.3) is 11.1 Å². The maximum atomic E-state index is 12.4. The monoisotopic (exact) mass is 454 g/mol. The first kappa shape index (κ1) is 24.3. The molecule has 0 spiro atoms. The molecule has 0 fully saturated rings. The third kappa shape index (κ3) is 5.90. The molecule has 0 aromatic heterocycles. The molecule has 1 aliphatic rings. The van der Waals surface area contributed by atoms with E-state index in [1.807, 2.05) is 43.3 Å². The zero-order chi connectivity index (χ0) is 23.8. The number of benzene rings is 2. The molecule has 1 aliphatic carbocycles. The van der Waals surface area contributed by atoms with E-state index in [2.05, 4.69) is 22.8 Å². The highest BCUT2D eigenvalue weighted by Gasteiger charge is 2.29. The Morgan fingerprint density at radius 1 is 1.03 bits per heavy atom. The largest absolute Gasteiger partial charge is 0.480 e. The molecule has 0 aliphatic heterocycles. The van der Waals surface area contributed by atoms with Crippen LogP contribution in [-0.2, 0) is 19.1 Å². The minimum atomic E-state index is -1.10. The number of unbranched alkanes of at least 4 members (excludes halogenated alkanes) is 1. The van der Waals surface area contributed by atoms with E-state index in [0.717, 1.165) is 28.7 Å². The SMILES string of the molecule is CCCCC(NC(=O)C(CNC(=O)OCC1c2ccccc2-c2ccccc21)OC)C(=O)O. The lowest BCUT2D eigenvalue weighted by Crippen LogP contribution is -2.49. The van der Waals surface area contributed by atoms with Crippen molar-refractivity contribution in [3.63, 3.8) is 0 Å². The molecule has 8 nitrogen and oxygen atoms in total. The second-order valence-corrected chi connectivity index (χ2v) is 7.97. The lowest BCUT2D eigenvalue weighted by atomic mass is 9.98. The summed E-state index contributed by atoms with van der Waals surface area (Å²) in [5.41, 5.74) is 4.48. The van der Waals surface area contributed by atoms with Gasteiger partial charge in [0.1, 0.15) is 12.6 Å². The number of carbonyl (C=O) groups is 3. The number of aliphatic carboxylic acids is 1. The molecule has 2 atom stereocenters. The summed E-state index contributed by atoms with van der Waals surface area (Å²) in [6.45, 7) is 1.96. The van der Waals surface area contributed by atoms with Crippen LogP contribution in [-0.4, -0.2) is 55.5 Å². The molecular formula is C25H30N2O6. The van der Waals surface area contributed by atoms with Gasteiger partial charge in [-0.15, -0.1) is 0 Å². The Bertz CT molecular complexity index is 947. The maximum absolute atomic E-state index is 12.4. The van der Waals surface area contributed by atoms with Gasteiger partial charge in [0.05, 0.1) is 6.54 Å². The van der Waals surface area contributed by atoms with E-state index in [4.69, 9.17) is 9.47 Å². The van der Waals surface area contributed by atoms with Crippen LogP contribution in [0.15, 0.2) is 48.5 Å². The van der Waals surface area contributed by atoms with E-state index in [1.54, 1.807) is 0 Å². The molecule has 0 saturated carbocycles. The average Bonchev–Trinajstić information content (AvgIpc) is 3.14. The highest BCUT2D eigenvalue weighted by atomic mass is 16.5. The number of hydrogen-bond acceptors (Lipinski definition) is 5. The minimum absolute atomic E-state index is 0.0699. The Hall–Kier alpha value is -3.39. The Morgan fingerprint density at radius 2 is 1.64 bits per heavy atom. The van der Waals surface area contributed by atoms with E-state index < -0.39 is 30.1 Å². The Labute approximate surface area is 193 Å². The Kier molecular flexibility index (Phi) is 8.43.